The van der Waals surface area contributed by atoms with Gasteiger partial charge in [-0.05, 0) is 48.4 Å². The molecular weight excluding hydrogens is 362 g/mol. The fourth-order valence-corrected chi connectivity index (χ4v) is 4.34. The zero-order valence-corrected chi connectivity index (χ0v) is 17.9. The quantitative estimate of drug-likeness (QED) is 0.376. The van der Waals surface area contributed by atoms with E-state index >= 15 is 0 Å². The Hall–Kier alpha value is -3.06. The highest BCUT2D eigenvalue weighted by atomic mass is 15.1. The van der Waals surface area contributed by atoms with Gasteiger partial charge in [-0.2, -0.15) is 0 Å². The molecule has 3 aromatic carbocycles. The third-order valence-electron chi connectivity index (χ3n) is 5.82. The number of unbranched alkanes of at least 4 members (excludes halogenated alkanes) is 1. The van der Waals surface area contributed by atoms with Crippen molar-refractivity contribution in [3.8, 4) is 0 Å². The predicted molar refractivity (Wildman–Crippen MR) is 128 cm³/mol. The second-order valence-corrected chi connectivity index (χ2v) is 8.23. The van der Waals surface area contributed by atoms with Crippen molar-refractivity contribution in [1.82, 2.24) is 4.90 Å². The van der Waals surface area contributed by atoms with Crippen LogP contribution >= 0.6 is 0 Å². The summed E-state index contributed by atoms with van der Waals surface area (Å²) in [5.74, 6) is 0.277. The summed E-state index contributed by atoms with van der Waals surface area (Å²) in [6.45, 7) is 4.28. The summed E-state index contributed by atoms with van der Waals surface area (Å²) < 4.78 is 0. The van der Waals surface area contributed by atoms with Crippen LogP contribution in [-0.4, -0.2) is 18.0 Å². The molecule has 0 unspecified atom stereocenters. The van der Waals surface area contributed by atoms with Crippen molar-refractivity contribution in [1.29, 1.82) is 0 Å². The average molecular weight is 394 g/mol. The molecule has 0 amide bonds. The molecule has 0 aromatic heterocycles. The van der Waals surface area contributed by atoms with Gasteiger partial charge in [-0.3, -0.25) is 0 Å². The highest BCUT2D eigenvalue weighted by Crippen LogP contribution is 2.33. The maximum Gasteiger partial charge on any atom is 0.0357 e. The summed E-state index contributed by atoms with van der Waals surface area (Å²) in [5, 5.41) is 0. The van der Waals surface area contributed by atoms with Gasteiger partial charge in [-0.15, -0.1) is 0 Å². The molecule has 1 heterocycles. The van der Waals surface area contributed by atoms with Gasteiger partial charge in [0.15, 0.2) is 0 Å². The summed E-state index contributed by atoms with van der Waals surface area (Å²) >= 11 is 0. The monoisotopic (exact) mass is 393 g/mol. The summed E-state index contributed by atoms with van der Waals surface area (Å²) in [5.41, 5.74) is 6.88. The first kappa shape index (κ1) is 20.2. The Kier molecular flexibility index (Phi) is 6.82. The Morgan fingerprint density at radius 3 is 2.17 bits per heavy atom. The van der Waals surface area contributed by atoms with E-state index in [2.05, 4.69) is 115 Å². The van der Waals surface area contributed by atoms with Crippen LogP contribution in [0, 0.1) is 6.92 Å². The first-order valence-corrected chi connectivity index (χ1v) is 11.1. The Bertz CT molecular complexity index is 946. The van der Waals surface area contributed by atoms with Crippen LogP contribution in [0.15, 0.2) is 109 Å². The van der Waals surface area contributed by atoms with Crippen LogP contribution in [0.5, 0.6) is 0 Å². The molecule has 0 atom stereocenters. The molecule has 30 heavy (non-hydrogen) atoms. The topological polar surface area (TPSA) is 3.24 Å². The molecule has 0 fully saturated rings. The van der Waals surface area contributed by atoms with Crippen molar-refractivity contribution in [2.75, 3.05) is 13.1 Å². The van der Waals surface area contributed by atoms with Gasteiger partial charge in [0, 0.05) is 25.2 Å². The minimum Gasteiger partial charge on any atom is -0.373 e. The number of benzene rings is 3. The average Bonchev–Trinajstić information content (AvgIpc) is 2.79. The van der Waals surface area contributed by atoms with E-state index in [1.165, 1.54) is 47.1 Å². The molecule has 1 aliphatic rings. The number of hydrogen-bond acceptors (Lipinski definition) is 1. The zero-order chi connectivity index (χ0) is 20.6. The van der Waals surface area contributed by atoms with Gasteiger partial charge in [-0.1, -0.05) is 103 Å². The lowest BCUT2D eigenvalue weighted by atomic mass is 9.84. The van der Waals surface area contributed by atoms with Crippen LogP contribution in [0.25, 0.3) is 0 Å². The van der Waals surface area contributed by atoms with Gasteiger partial charge < -0.3 is 4.90 Å². The molecule has 4 rings (SSSR count). The molecule has 1 heteroatoms. The van der Waals surface area contributed by atoms with Crippen LogP contribution in [0.4, 0.5) is 0 Å². The highest BCUT2D eigenvalue weighted by molar-refractivity contribution is 5.45. The van der Waals surface area contributed by atoms with Crippen molar-refractivity contribution in [3.05, 3.63) is 131 Å². The van der Waals surface area contributed by atoms with E-state index in [-0.39, 0.29) is 5.92 Å². The van der Waals surface area contributed by atoms with Gasteiger partial charge >= 0.3 is 0 Å². The van der Waals surface area contributed by atoms with Crippen LogP contribution in [0.2, 0.25) is 0 Å². The van der Waals surface area contributed by atoms with Crippen LogP contribution in [0.1, 0.15) is 41.0 Å². The van der Waals surface area contributed by atoms with Crippen molar-refractivity contribution in [2.45, 2.75) is 32.1 Å². The largest absolute Gasteiger partial charge is 0.373 e. The maximum absolute atomic E-state index is 2.48. The van der Waals surface area contributed by atoms with E-state index < -0.39 is 0 Å². The fraction of sp³-hybridized carbons (Fsp3) is 0.241. The molecule has 0 N–H and O–H groups in total. The standard InChI is InChI=1S/C29H31N/c1-24-12-10-14-25(22-24)13-8-9-20-30-21-11-19-28(23-30)29(26-15-4-2-5-16-26)27-17-6-3-7-18-27/h2-7,10-12,14-19,22-23,29H,8-9,13,20-21H2,1H3. The maximum atomic E-state index is 2.48. The van der Waals surface area contributed by atoms with Gasteiger partial charge in [0.1, 0.15) is 0 Å². The molecule has 0 aliphatic carbocycles. The Labute approximate surface area is 181 Å². The predicted octanol–water partition coefficient (Wildman–Crippen LogP) is 6.91. The normalized spacial score (nSPS) is 13.5. The smallest absolute Gasteiger partial charge is 0.0357 e. The number of aryl methyl sites for hydroxylation is 2. The lowest BCUT2D eigenvalue weighted by Gasteiger charge is -2.28. The molecule has 152 valence electrons. The molecule has 0 saturated carbocycles. The first-order chi connectivity index (χ1) is 14.8. The van der Waals surface area contributed by atoms with Crippen molar-refractivity contribution < 1.29 is 0 Å². The van der Waals surface area contributed by atoms with E-state index in [4.69, 9.17) is 0 Å². The number of rotatable bonds is 8. The van der Waals surface area contributed by atoms with E-state index in [1.807, 2.05) is 0 Å². The van der Waals surface area contributed by atoms with E-state index in [0.29, 0.717) is 0 Å². The van der Waals surface area contributed by atoms with E-state index in [1.54, 1.807) is 0 Å². The second kappa shape index (κ2) is 10.1. The fourth-order valence-electron chi connectivity index (χ4n) is 4.34. The molecule has 0 bridgehead atoms. The molecule has 0 saturated heterocycles. The summed E-state index contributed by atoms with van der Waals surface area (Å²) in [6.07, 6.45) is 10.6. The number of allylic oxidation sites excluding steroid dienone is 2. The zero-order valence-electron chi connectivity index (χ0n) is 17.9. The van der Waals surface area contributed by atoms with Gasteiger partial charge in [0.2, 0.25) is 0 Å². The third kappa shape index (κ3) is 5.30. The van der Waals surface area contributed by atoms with Gasteiger partial charge in [0.25, 0.3) is 0 Å². The molecule has 1 aliphatic heterocycles. The molecule has 0 spiro atoms. The second-order valence-electron chi connectivity index (χ2n) is 8.23. The van der Waals surface area contributed by atoms with Crippen LogP contribution in [-0.2, 0) is 6.42 Å². The van der Waals surface area contributed by atoms with Crippen molar-refractivity contribution in [3.63, 3.8) is 0 Å². The number of nitrogens with zero attached hydrogens (tertiary/aromatic N) is 1. The summed E-state index contributed by atoms with van der Waals surface area (Å²) in [7, 11) is 0. The molecule has 1 nitrogen and oxygen atoms in total. The number of hydrogen-bond donors (Lipinski definition) is 0. The lowest BCUT2D eigenvalue weighted by Crippen LogP contribution is -2.23. The van der Waals surface area contributed by atoms with Crippen LogP contribution in [0.3, 0.4) is 0 Å². The SMILES string of the molecule is Cc1cccc(CCCCN2C=C(C(c3ccccc3)c3ccccc3)C=CC2)c1. The first-order valence-electron chi connectivity index (χ1n) is 11.1. The summed E-state index contributed by atoms with van der Waals surface area (Å²) in [4.78, 5) is 2.48. The Balaban J connectivity index is 1.43. The lowest BCUT2D eigenvalue weighted by molar-refractivity contribution is 0.392. The minimum absolute atomic E-state index is 0.277. The highest BCUT2D eigenvalue weighted by Gasteiger charge is 2.19. The van der Waals surface area contributed by atoms with E-state index in [0.717, 1.165) is 13.1 Å². The van der Waals surface area contributed by atoms with Crippen molar-refractivity contribution in [2.24, 2.45) is 0 Å². The Morgan fingerprint density at radius 1 is 0.800 bits per heavy atom. The van der Waals surface area contributed by atoms with Gasteiger partial charge in [0.05, 0.1) is 0 Å². The third-order valence-corrected chi connectivity index (χ3v) is 5.82. The van der Waals surface area contributed by atoms with Crippen LogP contribution < -0.4 is 0 Å². The van der Waals surface area contributed by atoms with Gasteiger partial charge in [-0.25, -0.2) is 0 Å². The molecule has 0 radical (unpaired) electrons. The molecular formula is C29H31N. The summed E-state index contributed by atoms with van der Waals surface area (Å²) in [6, 6.07) is 30.6. The Morgan fingerprint density at radius 2 is 1.50 bits per heavy atom. The van der Waals surface area contributed by atoms with Crippen molar-refractivity contribution >= 4 is 0 Å². The molecule has 3 aromatic rings. The minimum atomic E-state index is 0.277. The van der Waals surface area contributed by atoms with E-state index in [9.17, 15) is 0 Å².